The van der Waals surface area contributed by atoms with Gasteiger partial charge in [-0.1, -0.05) is 29.8 Å². The predicted octanol–water partition coefficient (Wildman–Crippen LogP) is 2.64. The van der Waals surface area contributed by atoms with Crippen molar-refractivity contribution < 1.29 is 4.74 Å². The topological polar surface area (TPSA) is 35.2 Å². The van der Waals surface area contributed by atoms with E-state index in [0.717, 1.165) is 24.4 Å². The third kappa shape index (κ3) is 1.76. The molecule has 1 unspecified atom stereocenters. The van der Waals surface area contributed by atoms with E-state index in [9.17, 15) is 0 Å². The molecule has 74 valence electrons. The Hall–Kier alpha value is -0.990. The van der Waals surface area contributed by atoms with Crippen LogP contribution in [0.3, 0.4) is 0 Å². The van der Waals surface area contributed by atoms with Crippen molar-refractivity contribution >= 4 is 11.6 Å². The minimum Gasteiger partial charge on any atom is -0.496 e. The maximum atomic E-state index is 6.03. The number of halogens is 1. The fourth-order valence-corrected chi connectivity index (χ4v) is 1.79. The molecule has 2 rings (SSSR count). The van der Waals surface area contributed by atoms with Gasteiger partial charge in [0, 0.05) is 11.4 Å². The molecular formula is C11H12ClNO. The molecule has 0 bridgehead atoms. The molecule has 0 aliphatic carbocycles. The number of nitrogens with two attached hydrogens (primary N) is 1. The molecule has 0 radical (unpaired) electrons. The molecule has 0 amide bonds. The van der Waals surface area contributed by atoms with Crippen molar-refractivity contribution in [1.82, 2.24) is 0 Å². The molecule has 0 saturated heterocycles. The highest BCUT2D eigenvalue weighted by atomic mass is 35.5. The van der Waals surface area contributed by atoms with Crippen molar-refractivity contribution in [1.29, 1.82) is 0 Å². The molecule has 14 heavy (non-hydrogen) atoms. The second-order valence-electron chi connectivity index (χ2n) is 3.24. The molecule has 1 aromatic rings. The second-order valence-corrected chi connectivity index (χ2v) is 3.65. The first-order chi connectivity index (χ1) is 6.79. The Bertz CT molecular complexity index is 362. The zero-order valence-electron chi connectivity index (χ0n) is 7.74. The average molecular weight is 210 g/mol. The fourth-order valence-electron chi connectivity index (χ4n) is 1.53. The molecule has 3 heteroatoms. The molecule has 1 aliphatic heterocycles. The molecule has 1 atom stereocenters. The Morgan fingerprint density at radius 3 is 2.79 bits per heavy atom. The van der Waals surface area contributed by atoms with E-state index in [1.807, 2.05) is 30.3 Å². The van der Waals surface area contributed by atoms with Crippen LogP contribution in [0.2, 0.25) is 5.02 Å². The van der Waals surface area contributed by atoms with Crippen molar-refractivity contribution in [2.24, 2.45) is 5.73 Å². The van der Waals surface area contributed by atoms with Gasteiger partial charge in [-0.15, -0.1) is 0 Å². The fraction of sp³-hybridized carbons (Fsp3) is 0.273. The summed E-state index contributed by atoms with van der Waals surface area (Å²) in [7, 11) is 0. The summed E-state index contributed by atoms with van der Waals surface area (Å²) in [4.78, 5) is 0. The molecule has 1 aromatic carbocycles. The highest BCUT2D eigenvalue weighted by molar-refractivity contribution is 6.31. The third-order valence-corrected chi connectivity index (χ3v) is 2.62. The zero-order chi connectivity index (χ0) is 9.97. The minimum atomic E-state index is -0.230. The highest BCUT2D eigenvalue weighted by Crippen LogP contribution is 2.28. The van der Waals surface area contributed by atoms with Gasteiger partial charge in [0.1, 0.15) is 5.76 Å². The first-order valence-corrected chi connectivity index (χ1v) is 4.99. The Balaban J connectivity index is 2.26. The van der Waals surface area contributed by atoms with Crippen LogP contribution >= 0.6 is 11.6 Å². The van der Waals surface area contributed by atoms with E-state index in [-0.39, 0.29) is 6.04 Å². The summed E-state index contributed by atoms with van der Waals surface area (Å²) in [6, 6.07) is 7.35. The van der Waals surface area contributed by atoms with Crippen LogP contribution in [0.1, 0.15) is 18.0 Å². The number of ether oxygens (including phenoxy) is 1. The molecule has 2 N–H and O–H groups in total. The van der Waals surface area contributed by atoms with Crippen molar-refractivity contribution in [2.75, 3.05) is 6.61 Å². The quantitative estimate of drug-likeness (QED) is 0.813. The SMILES string of the molecule is NC(C1=CCCO1)c1ccccc1Cl. The summed E-state index contributed by atoms with van der Waals surface area (Å²) < 4.78 is 5.40. The third-order valence-electron chi connectivity index (χ3n) is 2.28. The van der Waals surface area contributed by atoms with Crippen molar-refractivity contribution in [3.8, 4) is 0 Å². The molecule has 0 spiro atoms. The van der Waals surface area contributed by atoms with Crippen LogP contribution in [0.15, 0.2) is 36.1 Å². The number of hydrogen-bond acceptors (Lipinski definition) is 2. The molecule has 1 aliphatic rings. The van der Waals surface area contributed by atoms with Gasteiger partial charge in [-0.25, -0.2) is 0 Å². The molecular weight excluding hydrogens is 198 g/mol. The summed E-state index contributed by atoms with van der Waals surface area (Å²) >= 11 is 6.03. The van der Waals surface area contributed by atoms with Crippen LogP contribution in [-0.2, 0) is 4.74 Å². The molecule has 0 aromatic heterocycles. The minimum absolute atomic E-state index is 0.230. The van der Waals surface area contributed by atoms with E-state index in [1.165, 1.54) is 0 Å². The van der Waals surface area contributed by atoms with Gasteiger partial charge >= 0.3 is 0 Å². The Morgan fingerprint density at radius 1 is 1.36 bits per heavy atom. The molecule has 1 heterocycles. The lowest BCUT2D eigenvalue weighted by Gasteiger charge is -2.14. The maximum absolute atomic E-state index is 6.03. The van der Waals surface area contributed by atoms with Gasteiger partial charge in [0.05, 0.1) is 12.6 Å². The Labute approximate surface area is 88.3 Å². The lowest BCUT2D eigenvalue weighted by molar-refractivity contribution is 0.225. The maximum Gasteiger partial charge on any atom is 0.113 e. The zero-order valence-corrected chi connectivity index (χ0v) is 8.50. The van der Waals surface area contributed by atoms with Crippen LogP contribution in [-0.4, -0.2) is 6.61 Å². The average Bonchev–Trinajstić information content (AvgIpc) is 2.70. The van der Waals surface area contributed by atoms with Gasteiger partial charge in [0.25, 0.3) is 0 Å². The number of hydrogen-bond donors (Lipinski definition) is 1. The number of rotatable bonds is 2. The lowest BCUT2D eigenvalue weighted by atomic mass is 10.1. The van der Waals surface area contributed by atoms with Crippen LogP contribution < -0.4 is 5.73 Å². The number of benzene rings is 1. The first kappa shape index (κ1) is 9.56. The van der Waals surface area contributed by atoms with E-state index in [2.05, 4.69) is 0 Å². The predicted molar refractivity (Wildman–Crippen MR) is 57.0 cm³/mol. The van der Waals surface area contributed by atoms with Crippen LogP contribution in [0, 0.1) is 0 Å². The largest absolute Gasteiger partial charge is 0.496 e. The monoisotopic (exact) mass is 209 g/mol. The van der Waals surface area contributed by atoms with Gasteiger partial charge in [0.15, 0.2) is 0 Å². The van der Waals surface area contributed by atoms with Gasteiger partial charge in [-0.3, -0.25) is 0 Å². The second kappa shape index (κ2) is 4.03. The molecule has 2 nitrogen and oxygen atoms in total. The van der Waals surface area contributed by atoms with Gasteiger partial charge in [0.2, 0.25) is 0 Å². The summed E-state index contributed by atoms with van der Waals surface area (Å²) in [5.41, 5.74) is 6.94. The summed E-state index contributed by atoms with van der Waals surface area (Å²) in [5, 5.41) is 0.691. The van der Waals surface area contributed by atoms with Gasteiger partial charge < -0.3 is 10.5 Å². The smallest absolute Gasteiger partial charge is 0.113 e. The highest BCUT2D eigenvalue weighted by Gasteiger charge is 2.18. The van der Waals surface area contributed by atoms with E-state index in [4.69, 9.17) is 22.1 Å². The first-order valence-electron chi connectivity index (χ1n) is 4.62. The van der Waals surface area contributed by atoms with E-state index in [1.54, 1.807) is 0 Å². The standard InChI is InChI=1S/C11H12ClNO/c12-9-5-2-1-4-8(9)11(13)10-6-3-7-14-10/h1-2,4-6,11H,3,7,13H2. The van der Waals surface area contributed by atoms with Crippen LogP contribution in [0.25, 0.3) is 0 Å². The van der Waals surface area contributed by atoms with Gasteiger partial charge in [-0.05, 0) is 17.7 Å². The van der Waals surface area contributed by atoms with Crippen LogP contribution in [0.4, 0.5) is 0 Å². The van der Waals surface area contributed by atoms with Crippen molar-refractivity contribution in [2.45, 2.75) is 12.5 Å². The summed E-state index contributed by atoms with van der Waals surface area (Å²) in [6.45, 7) is 0.730. The van der Waals surface area contributed by atoms with Crippen molar-refractivity contribution in [3.63, 3.8) is 0 Å². The van der Waals surface area contributed by atoms with E-state index >= 15 is 0 Å². The molecule has 0 saturated carbocycles. The van der Waals surface area contributed by atoms with Crippen LogP contribution in [0.5, 0.6) is 0 Å². The van der Waals surface area contributed by atoms with Crippen molar-refractivity contribution in [3.05, 3.63) is 46.7 Å². The van der Waals surface area contributed by atoms with E-state index < -0.39 is 0 Å². The normalized spacial score (nSPS) is 17.4. The Morgan fingerprint density at radius 2 is 2.14 bits per heavy atom. The lowest BCUT2D eigenvalue weighted by Crippen LogP contribution is -2.14. The summed E-state index contributed by atoms with van der Waals surface area (Å²) in [5.74, 6) is 0.832. The summed E-state index contributed by atoms with van der Waals surface area (Å²) in [6.07, 6.45) is 2.96. The van der Waals surface area contributed by atoms with Gasteiger partial charge in [-0.2, -0.15) is 0 Å². The molecule has 0 fully saturated rings. The Kier molecular flexibility index (Phi) is 2.75. The van der Waals surface area contributed by atoms with E-state index in [0.29, 0.717) is 5.02 Å².